The van der Waals surface area contributed by atoms with E-state index in [0.717, 1.165) is 29.4 Å². The fourth-order valence-electron chi connectivity index (χ4n) is 2.26. The van der Waals surface area contributed by atoms with Gasteiger partial charge in [0.2, 0.25) is 0 Å². The summed E-state index contributed by atoms with van der Waals surface area (Å²) in [7, 11) is 1.66. The molecule has 1 N–H and O–H groups in total. The summed E-state index contributed by atoms with van der Waals surface area (Å²) in [6.07, 6.45) is 5.29. The zero-order chi connectivity index (χ0) is 12.8. The Hall–Kier alpha value is -1.06. The third kappa shape index (κ3) is 3.47. The highest BCUT2D eigenvalue weighted by Gasteiger charge is 2.16. The summed E-state index contributed by atoms with van der Waals surface area (Å²) in [4.78, 5) is 0. The van der Waals surface area contributed by atoms with Gasteiger partial charge in [0.15, 0.2) is 0 Å². The van der Waals surface area contributed by atoms with Crippen molar-refractivity contribution in [3.63, 3.8) is 0 Å². The molecule has 0 bridgehead atoms. The monoisotopic (exact) mass is 250 g/mol. The Labute approximate surface area is 109 Å². The molecule has 0 atom stereocenters. The van der Waals surface area contributed by atoms with Crippen LogP contribution in [0.4, 0.5) is 0 Å². The summed E-state index contributed by atoms with van der Waals surface area (Å²) in [6.45, 7) is 1.43. The van der Waals surface area contributed by atoms with Gasteiger partial charge in [-0.1, -0.05) is 25.3 Å². The predicted octanol–water partition coefficient (Wildman–Crippen LogP) is 2.89. The summed E-state index contributed by atoms with van der Waals surface area (Å²) in [6, 6.07) is 5.70. The first-order chi connectivity index (χ1) is 8.83. The lowest BCUT2D eigenvalue weighted by molar-refractivity contribution is 0.0935. The molecule has 100 valence electrons. The van der Waals surface area contributed by atoms with E-state index in [1.165, 1.54) is 25.7 Å². The highest BCUT2D eigenvalue weighted by atomic mass is 16.5. The predicted molar refractivity (Wildman–Crippen MR) is 70.5 cm³/mol. The van der Waals surface area contributed by atoms with Gasteiger partial charge in [0.05, 0.1) is 20.3 Å². The third-order valence-corrected chi connectivity index (χ3v) is 3.68. The van der Waals surface area contributed by atoms with E-state index < -0.39 is 0 Å². The van der Waals surface area contributed by atoms with Crippen molar-refractivity contribution in [1.29, 1.82) is 0 Å². The zero-order valence-corrected chi connectivity index (χ0v) is 11.0. The molecule has 0 unspecified atom stereocenters. The van der Waals surface area contributed by atoms with Crippen LogP contribution in [0.2, 0.25) is 0 Å². The maximum Gasteiger partial charge on any atom is 0.124 e. The van der Waals surface area contributed by atoms with Crippen LogP contribution in [-0.2, 0) is 18.0 Å². The first-order valence-corrected chi connectivity index (χ1v) is 6.68. The van der Waals surface area contributed by atoms with E-state index in [-0.39, 0.29) is 6.61 Å². The van der Waals surface area contributed by atoms with Gasteiger partial charge < -0.3 is 14.6 Å². The van der Waals surface area contributed by atoms with Gasteiger partial charge in [-0.15, -0.1) is 0 Å². The van der Waals surface area contributed by atoms with Gasteiger partial charge in [0.1, 0.15) is 5.75 Å². The first kappa shape index (κ1) is 13.4. The van der Waals surface area contributed by atoms with Crippen LogP contribution in [0, 0.1) is 5.92 Å². The largest absolute Gasteiger partial charge is 0.496 e. The van der Waals surface area contributed by atoms with Crippen LogP contribution >= 0.6 is 0 Å². The topological polar surface area (TPSA) is 38.7 Å². The highest BCUT2D eigenvalue weighted by Crippen LogP contribution is 2.29. The van der Waals surface area contributed by atoms with E-state index >= 15 is 0 Å². The Morgan fingerprint density at radius 1 is 1.33 bits per heavy atom. The molecule has 1 aromatic rings. The van der Waals surface area contributed by atoms with Gasteiger partial charge in [-0.2, -0.15) is 0 Å². The van der Waals surface area contributed by atoms with Gasteiger partial charge in [-0.25, -0.2) is 0 Å². The summed E-state index contributed by atoms with van der Waals surface area (Å²) in [5.41, 5.74) is 1.91. The third-order valence-electron chi connectivity index (χ3n) is 3.68. The van der Waals surface area contributed by atoms with Gasteiger partial charge in [-0.3, -0.25) is 0 Å². The molecule has 3 nitrogen and oxygen atoms in total. The second-order valence-electron chi connectivity index (χ2n) is 4.94. The minimum absolute atomic E-state index is 0.0546. The first-order valence-electron chi connectivity index (χ1n) is 6.68. The van der Waals surface area contributed by atoms with Crippen LogP contribution in [0.15, 0.2) is 18.2 Å². The quantitative estimate of drug-likeness (QED) is 0.756. The number of aliphatic hydroxyl groups excluding tert-OH is 1. The van der Waals surface area contributed by atoms with Gasteiger partial charge >= 0.3 is 0 Å². The molecule has 2 rings (SSSR count). The molecule has 0 amide bonds. The van der Waals surface area contributed by atoms with Gasteiger partial charge in [0, 0.05) is 12.2 Å². The molecule has 0 aromatic heterocycles. The molecule has 1 aliphatic carbocycles. The minimum atomic E-state index is 0.0546. The molecule has 1 fully saturated rings. The number of methoxy groups -OCH3 is 1. The lowest BCUT2D eigenvalue weighted by Gasteiger charge is -2.24. The lowest BCUT2D eigenvalue weighted by Crippen LogP contribution is -2.13. The van der Waals surface area contributed by atoms with Gasteiger partial charge in [0.25, 0.3) is 0 Å². The molecular formula is C15H22O3. The summed E-state index contributed by atoms with van der Waals surface area (Å²) < 4.78 is 11.0. The normalized spacial score (nSPS) is 15.4. The van der Waals surface area contributed by atoms with Crippen LogP contribution in [0.5, 0.6) is 5.75 Å². The van der Waals surface area contributed by atoms with E-state index in [9.17, 15) is 0 Å². The number of rotatable bonds is 7. The smallest absolute Gasteiger partial charge is 0.124 e. The van der Waals surface area contributed by atoms with E-state index in [2.05, 4.69) is 0 Å². The molecule has 0 saturated heterocycles. The Morgan fingerprint density at radius 2 is 2.17 bits per heavy atom. The van der Waals surface area contributed by atoms with Gasteiger partial charge in [-0.05, 0) is 30.0 Å². The minimum Gasteiger partial charge on any atom is -0.496 e. The van der Waals surface area contributed by atoms with E-state index in [1.807, 2.05) is 18.2 Å². The van der Waals surface area contributed by atoms with Crippen molar-refractivity contribution in [1.82, 2.24) is 0 Å². The van der Waals surface area contributed by atoms with Crippen molar-refractivity contribution in [3.8, 4) is 5.75 Å². The summed E-state index contributed by atoms with van der Waals surface area (Å²) in [5, 5.41) is 9.13. The molecule has 1 aliphatic rings. The van der Waals surface area contributed by atoms with E-state index in [0.29, 0.717) is 6.61 Å². The molecule has 0 radical (unpaired) electrons. The van der Waals surface area contributed by atoms with Crippen molar-refractivity contribution in [3.05, 3.63) is 29.3 Å². The van der Waals surface area contributed by atoms with Crippen molar-refractivity contribution in [2.45, 2.75) is 38.9 Å². The molecule has 1 aromatic carbocycles. The van der Waals surface area contributed by atoms with Crippen LogP contribution < -0.4 is 4.74 Å². The Morgan fingerprint density at radius 3 is 2.78 bits per heavy atom. The number of hydrogen-bond donors (Lipinski definition) is 1. The van der Waals surface area contributed by atoms with Crippen molar-refractivity contribution < 1.29 is 14.6 Å². The number of ether oxygens (including phenoxy) is 2. The standard InChI is InChI=1S/C15H22O3/c1-17-15-6-5-13(10-16)9-14(15)11-18-8-7-12-3-2-4-12/h5-6,9,12,16H,2-4,7-8,10-11H2,1H3. The highest BCUT2D eigenvalue weighted by molar-refractivity contribution is 5.36. The molecule has 0 heterocycles. The van der Waals surface area contributed by atoms with Crippen LogP contribution in [-0.4, -0.2) is 18.8 Å². The number of benzene rings is 1. The fourth-order valence-corrected chi connectivity index (χ4v) is 2.26. The Kier molecular flexibility index (Phi) is 5.02. The molecule has 1 saturated carbocycles. The fraction of sp³-hybridized carbons (Fsp3) is 0.600. The Bertz CT molecular complexity index is 372. The Balaban J connectivity index is 1.82. The SMILES string of the molecule is COc1ccc(CO)cc1COCCC1CCC1. The second-order valence-corrected chi connectivity index (χ2v) is 4.94. The average molecular weight is 250 g/mol. The number of aliphatic hydroxyl groups is 1. The second kappa shape index (κ2) is 6.76. The molecule has 0 spiro atoms. The van der Waals surface area contributed by atoms with Crippen molar-refractivity contribution in [2.75, 3.05) is 13.7 Å². The summed E-state index contributed by atoms with van der Waals surface area (Å²) >= 11 is 0. The molecule has 0 aliphatic heterocycles. The summed E-state index contributed by atoms with van der Waals surface area (Å²) in [5.74, 6) is 1.71. The maximum atomic E-state index is 9.13. The lowest BCUT2D eigenvalue weighted by atomic mass is 9.83. The molecular weight excluding hydrogens is 228 g/mol. The number of hydrogen-bond acceptors (Lipinski definition) is 3. The van der Waals surface area contributed by atoms with E-state index in [4.69, 9.17) is 14.6 Å². The zero-order valence-electron chi connectivity index (χ0n) is 11.0. The molecule has 18 heavy (non-hydrogen) atoms. The molecule has 3 heteroatoms. The maximum absolute atomic E-state index is 9.13. The van der Waals surface area contributed by atoms with Crippen molar-refractivity contribution in [2.24, 2.45) is 5.92 Å². The average Bonchev–Trinajstić information content (AvgIpc) is 2.36. The van der Waals surface area contributed by atoms with Crippen LogP contribution in [0.3, 0.4) is 0 Å². The van der Waals surface area contributed by atoms with Crippen molar-refractivity contribution >= 4 is 0 Å². The van der Waals surface area contributed by atoms with E-state index in [1.54, 1.807) is 7.11 Å². The van der Waals surface area contributed by atoms with Crippen LogP contribution in [0.1, 0.15) is 36.8 Å². The van der Waals surface area contributed by atoms with Crippen LogP contribution in [0.25, 0.3) is 0 Å².